The van der Waals surface area contributed by atoms with Crippen molar-refractivity contribution in [3.63, 3.8) is 0 Å². The summed E-state index contributed by atoms with van der Waals surface area (Å²) in [4.78, 5) is 4.57. The number of hydrogen-bond acceptors (Lipinski definition) is 3. The first-order valence-corrected chi connectivity index (χ1v) is 8.27. The molecule has 0 aliphatic heterocycles. The van der Waals surface area contributed by atoms with E-state index in [1.54, 1.807) is 17.4 Å². The summed E-state index contributed by atoms with van der Waals surface area (Å²) in [5, 5.41) is 4.34. The predicted molar refractivity (Wildman–Crippen MR) is 89.0 cm³/mol. The Bertz CT molecular complexity index is 739. The van der Waals surface area contributed by atoms with Crippen LogP contribution in [0.5, 0.6) is 0 Å². The highest BCUT2D eigenvalue weighted by molar-refractivity contribution is 9.10. The number of thiazole rings is 1. The number of halogens is 2. The van der Waals surface area contributed by atoms with E-state index in [0.29, 0.717) is 12.1 Å². The summed E-state index contributed by atoms with van der Waals surface area (Å²) >= 11 is 5.04. The minimum atomic E-state index is -0.192. The van der Waals surface area contributed by atoms with Crippen molar-refractivity contribution >= 4 is 37.5 Å². The van der Waals surface area contributed by atoms with E-state index in [1.807, 2.05) is 31.2 Å². The third-order valence-corrected chi connectivity index (χ3v) is 4.85. The van der Waals surface area contributed by atoms with Gasteiger partial charge >= 0.3 is 0 Å². The lowest BCUT2D eigenvalue weighted by Gasteiger charge is -2.14. The number of benzene rings is 2. The second-order valence-corrected chi connectivity index (χ2v) is 6.87. The Morgan fingerprint density at radius 2 is 2.10 bits per heavy atom. The zero-order chi connectivity index (χ0) is 14.8. The molecule has 0 aliphatic rings. The highest BCUT2D eigenvalue weighted by atomic mass is 79.9. The molecule has 1 unspecified atom stereocenters. The molecule has 0 radical (unpaired) electrons. The van der Waals surface area contributed by atoms with Crippen LogP contribution in [0, 0.1) is 5.82 Å². The van der Waals surface area contributed by atoms with E-state index in [4.69, 9.17) is 0 Å². The van der Waals surface area contributed by atoms with Crippen molar-refractivity contribution in [2.24, 2.45) is 0 Å². The molecule has 0 amide bonds. The summed E-state index contributed by atoms with van der Waals surface area (Å²) in [7, 11) is 0. The van der Waals surface area contributed by atoms with Crippen LogP contribution >= 0.6 is 27.3 Å². The number of nitrogens with one attached hydrogen (secondary N) is 1. The molecule has 3 aromatic rings. The Morgan fingerprint density at radius 3 is 2.90 bits per heavy atom. The number of fused-ring (bicyclic) bond motifs is 1. The topological polar surface area (TPSA) is 24.9 Å². The SMILES string of the molecule is CC(NCc1nc2ccccc2s1)c1cc(Br)ccc1F. The standard InChI is InChI=1S/C16H14BrFN2S/c1-10(12-8-11(17)6-7-13(12)18)19-9-16-20-14-4-2-3-5-15(14)21-16/h2-8,10,19H,9H2,1H3. The highest BCUT2D eigenvalue weighted by Gasteiger charge is 2.12. The van der Waals surface area contributed by atoms with Gasteiger partial charge in [0.1, 0.15) is 10.8 Å². The fourth-order valence-corrected chi connectivity index (χ4v) is 3.49. The maximum absolute atomic E-state index is 13.8. The van der Waals surface area contributed by atoms with Crippen LogP contribution in [0.4, 0.5) is 4.39 Å². The molecule has 1 N–H and O–H groups in total. The predicted octanol–water partition coefficient (Wildman–Crippen LogP) is 5.05. The summed E-state index contributed by atoms with van der Waals surface area (Å²) in [6.07, 6.45) is 0. The summed E-state index contributed by atoms with van der Waals surface area (Å²) in [5.41, 5.74) is 1.67. The van der Waals surface area contributed by atoms with Crippen molar-refractivity contribution in [1.82, 2.24) is 10.3 Å². The maximum atomic E-state index is 13.8. The van der Waals surface area contributed by atoms with Gasteiger partial charge in [-0.3, -0.25) is 0 Å². The van der Waals surface area contributed by atoms with Gasteiger partial charge in [-0.1, -0.05) is 28.1 Å². The number of aromatic nitrogens is 1. The van der Waals surface area contributed by atoms with Crippen LogP contribution in [0.15, 0.2) is 46.9 Å². The molecule has 21 heavy (non-hydrogen) atoms. The van der Waals surface area contributed by atoms with Crippen molar-refractivity contribution in [2.45, 2.75) is 19.5 Å². The Morgan fingerprint density at radius 1 is 1.29 bits per heavy atom. The van der Waals surface area contributed by atoms with Gasteiger partial charge in [-0.2, -0.15) is 0 Å². The Hall–Kier alpha value is -1.30. The fraction of sp³-hybridized carbons (Fsp3) is 0.188. The molecule has 1 aromatic heterocycles. The van der Waals surface area contributed by atoms with E-state index >= 15 is 0 Å². The van der Waals surface area contributed by atoms with Crippen molar-refractivity contribution in [3.05, 3.63) is 63.3 Å². The van der Waals surface area contributed by atoms with Gasteiger partial charge in [0.15, 0.2) is 0 Å². The van der Waals surface area contributed by atoms with Gasteiger partial charge in [-0.05, 0) is 37.3 Å². The van der Waals surface area contributed by atoms with Crippen LogP contribution < -0.4 is 5.32 Å². The Balaban J connectivity index is 1.73. The van der Waals surface area contributed by atoms with Gasteiger partial charge in [0.05, 0.1) is 10.2 Å². The average Bonchev–Trinajstić information content (AvgIpc) is 2.90. The molecule has 2 nitrogen and oxygen atoms in total. The van der Waals surface area contributed by atoms with E-state index in [0.717, 1.165) is 15.0 Å². The van der Waals surface area contributed by atoms with Crippen LogP contribution in [0.25, 0.3) is 10.2 Å². The smallest absolute Gasteiger partial charge is 0.128 e. The van der Waals surface area contributed by atoms with Crippen LogP contribution in [-0.4, -0.2) is 4.98 Å². The lowest BCUT2D eigenvalue weighted by atomic mass is 10.1. The molecule has 0 saturated carbocycles. The Kier molecular flexibility index (Phi) is 4.33. The molecular formula is C16H14BrFN2S. The van der Waals surface area contributed by atoms with Crippen LogP contribution in [0.1, 0.15) is 23.5 Å². The zero-order valence-corrected chi connectivity index (χ0v) is 13.8. The molecule has 0 fully saturated rings. The van der Waals surface area contributed by atoms with Gasteiger partial charge in [0, 0.05) is 22.6 Å². The van der Waals surface area contributed by atoms with Crippen LogP contribution in [0.3, 0.4) is 0 Å². The van der Waals surface area contributed by atoms with Crippen LogP contribution in [0.2, 0.25) is 0 Å². The van der Waals surface area contributed by atoms with E-state index in [9.17, 15) is 4.39 Å². The van der Waals surface area contributed by atoms with Gasteiger partial charge < -0.3 is 5.32 Å². The molecule has 108 valence electrons. The highest BCUT2D eigenvalue weighted by Crippen LogP contribution is 2.24. The third-order valence-electron chi connectivity index (χ3n) is 3.32. The van der Waals surface area contributed by atoms with Gasteiger partial charge in [0.25, 0.3) is 0 Å². The molecule has 0 bridgehead atoms. The fourth-order valence-electron chi connectivity index (χ4n) is 2.19. The monoisotopic (exact) mass is 364 g/mol. The summed E-state index contributed by atoms with van der Waals surface area (Å²) in [6, 6.07) is 13.0. The minimum Gasteiger partial charge on any atom is -0.304 e. The summed E-state index contributed by atoms with van der Waals surface area (Å²) in [5.74, 6) is -0.192. The van der Waals surface area contributed by atoms with E-state index in [-0.39, 0.29) is 11.9 Å². The summed E-state index contributed by atoms with van der Waals surface area (Å²) < 4.78 is 15.9. The largest absolute Gasteiger partial charge is 0.304 e. The number of para-hydroxylation sites is 1. The van der Waals surface area contributed by atoms with Crippen molar-refractivity contribution in [1.29, 1.82) is 0 Å². The minimum absolute atomic E-state index is 0.0745. The molecular weight excluding hydrogens is 351 g/mol. The normalized spacial score (nSPS) is 12.7. The van der Waals surface area contributed by atoms with Crippen molar-refractivity contribution < 1.29 is 4.39 Å². The lowest BCUT2D eigenvalue weighted by molar-refractivity contribution is 0.527. The maximum Gasteiger partial charge on any atom is 0.128 e. The molecule has 2 aromatic carbocycles. The summed E-state index contributed by atoms with van der Waals surface area (Å²) in [6.45, 7) is 2.59. The number of nitrogens with zero attached hydrogens (tertiary/aromatic N) is 1. The molecule has 0 aliphatic carbocycles. The van der Waals surface area contributed by atoms with E-state index < -0.39 is 0 Å². The molecule has 5 heteroatoms. The second kappa shape index (κ2) is 6.22. The van der Waals surface area contributed by atoms with Crippen LogP contribution in [-0.2, 0) is 6.54 Å². The molecule has 0 saturated heterocycles. The first-order chi connectivity index (χ1) is 10.1. The van der Waals surface area contributed by atoms with Crippen molar-refractivity contribution in [3.8, 4) is 0 Å². The molecule has 1 atom stereocenters. The number of hydrogen-bond donors (Lipinski definition) is 1. The van der Waals surface area contributed by atoms with Gasteiger partial charge in [-0.15, -0.1) is 11.3 Å². The molecule has 3 rings (SSSR count). The number of rotatable bonds is 4. The Labute approximate surface area is 135 Å². The lowest BCUT2D eigenvalue weighted by Crippen LogP contribution is -2.19. The third kappa shape index (κ3) is 3.31. The molecule has 0 spiro atoms. The first-order valence-electron chi connectivity index (χ1n) is 6.66. The quantitative estimate of drug-likeness (QED) is 0.700. The average molecular weight is 365 g/mol. The van der Waals surface area contributed by atoms with Crippen molar-refractivity contribution in [2.75, 3.05) is 0 Å². The van der Waals surface area contributed by atoms with Gasteiger partial charge in [-0.25, -0.2) is 9.37 Å². The van der Waals surface area contributed by atoms with E-state index in [2.05, 4.69) is 32.3 Å². The molecule has 1 heterocycles. The van der Waals surface area contributed by atoms with E-state index in [1.165, 1.54) is 10.8 Å². The zero-order valence-electron chi connectivity index (χ0n) is 11.4. The second-order valence-electron chi connectivity index (χ2n) is 4.84. The van der Waals surface area contributed by atoms with Gasteiger partial charge in [0.2, 0.25) is 0 Å². The first kappa shape index (κ1) is 14.6.